The molecule has 0 saturated heterocycles. The number of aliphatic hydroxyl groups excluding tert-OH is 1. The largest absolute Gasteiger partial charge is 0.506 e. The van der Waals surface area contributed by atoms with Crippen LogP contribution < -0.4 is 5.73 Å². The summed E-state index contributed by atoms with van der Waals surface area (Å²) in [5.41, 5.74) is 4.71. The number of nitrogens with zero attached hydrogens (tertiary/aromatic N) is 2. The minimum atomic E-state index is -4.62. The molecule has 1 aromatic heterocycles. The summed E-state index contributed by atoms with van der Waals surface area (Å²) in [6, 6.07) is 11.3. The monoisotopic (exact) mass is 528 g/mol. The highest BCUT2D eigenvalue weighted by atomic mass is 32.2. The summed E-state index contributed by atoms with van der Waals surface area (Å²) in [5, 5.41) is 11.2. The number of fused-ring (bicyclic) bond motifs is 1. The van der Waals surface area contributed by atoms with Gasteiger partial charge in [-0.15, -0.1) is 4.40 Å². The first-order chi connectivity index (χ1) is 17.5. The molecule has 0 saturated carbocycles. The number of aromatic nitrogens is 2. The number of carbonyl (C=O) groups excluding carboxylic acids is 1. The third-order valence-electron chi connectivity index (χ3n) is 5.35. The number of amidine groups is 1. The SMILES string of the molecule is CCC(N)=NS(=O)(=O)c1cc(C(O)=C(C(=O)c2cc(F)ccc2F)c2nc3ccccc3[nH]2)ccc1F. The Morgan fingerprint density at radius 3 is 2.46 bits per heavy atom. The van der Waals surface area contributed by atoms with Gasteiger partial charge < -0.3 is 15.8 Å². The van der Waals surface area contributed by atoms with Crippen LogP contribution in [0.1, 0.15) is 35.1 Å². The minimum absolute atomic E-state index is 0.0790. The van der Waals surface area contributed by atoms with Gasteiger partial charge in [-0.1, -0.05) is 19.1 Å². The molecule has 0 aliphatic carbocycles. The molecule has 0 radical (unpaired) electrons. The summed E-state index contributed by atoms with van der Waals surface area (Å²) in [5.74, 6) is -5.67. The number of imidazole rings is 1. The van der Waals surface area contributed by atoms with Crippen molar-refractivity contribution in [2.75, 3.05) is 0 Å². The van der Waals surface area contributed by atoms with Crippen molar-refractivity contribution in [1.29, 1.82) is 0 Å². The van der Waals surface area contributed by atoms with Crippen molar-refractivity contribution in [1.82, 2.24) is 9.97 Å². The van der Waals surface area contributed by atoms with Crippen molar-refractivity contribution in [3.05, 3.63) is 95.1 Å². The van der Waals surface area contributed by atoms with E-state index in [4.69, 9.17) is 5.73 Å². The Morgan fingerprint density at radius 2 is 1.76 bits per heavy atom. The quantitative estimate of drug-likeness (QED) is 0.104. The molecule has 12 heteroatoms. The summed E-state index contributed by atoms with van der Waals surface area (Å²) in [7, 11) is -4.62. The number of rotatable bonds is 7. The van der Waals surface area contributed by atoms with E-state index in [1.165, 1.54) is 0 Å². The van der Waals surface area contributed by atoms with Crippen molar-refractivity contribution in [2.45, 2.75) is 18.2 Å². The Bertz CT molecular complexity index is 1680. The van der Waals surface area contributed by atoms with Crippen molar-refractivity contribution in [3.8, 4) is 0 Å². The maximum absolute atomic E-state index is 14.5. The number of halogens is 3. The average Bonchev–Trinajstić information content (AvgIpc) is 3.28. The fraction of sp³-hybridized carbons (Fsp3) is 0.0800. The van der Waals surface area contributed by atoms with Crippen molar-refractivity contribution in [2.24, 2.45) is 10.1 Å². The normalized spacial score (nSPS) is 13.0. The van der Waals surface area contributed by atoms with E-state index in [2.05, 4.69) is 14.4 Å². The number of aromatic amines is 1. The van der Waals surface area contributed by atoms with E-state index in [1.54, 1.807) is 31.2 Å². The van der Waals surface area contributed by atoms with Gasteiger partial charge in [0, 0.05) is 12.0 Å². The van der Waals surface area contributed by atoms with Crippen LogP contribution in [0.2, 0.25) is 0 Å². The van der Waals surface area contributed by atoms with Crippen LogP contribution in [0.5, 0.6) is 0 Å². The van der Waals surface area contributed by atoms with E-state index >= 15 is 0 Å². The van der Waals surface area contributed by atoms with E-state index in [9.17, 15) is 31.5 Å². The number of nitrogens with two attached hydrogens (primary N) is 1. The fourth-order valence-electron chi connectivity index (χ4n) is 3.47. The molecule has 3 aromatic carbocycles. The third-order valence-corrected chi connectivity index (χ3v) is 6.69. The number of carbonyl (C=O) groups is 1. The van der Waals surface area contributed by atoms with Gasteiger partial charge in [0.2, 0.25) is 5.78 Å². The number of ketones is 1. The van der Waals surface area contributed by atoms with Crippen LogP contribution in [0.25, 0.3) is 22.4 Å². The predicted octanol–water partition coefficient (Wildman–Crippen LogP) is 4.75. The van der Waals surface area contributed by atoms with Gasteiger partial charge in [0.1, 0.15) is 45.3 Å². The molecule has 190 valence electrons. The summed E-state index contributed by atoms with van der Waals surface area (Å²) in [6.07, 6.45) is 0.0790. The first-order valence-electron chi connectivity index (χ1n) is 10.8. The van der Waals surface area contributed by atoms with E-state index in [1.807, 2.05) is 0 Å². The lowest BCUT2D eigenvalue weighted by atomic mass is 9.98. The van der Waals surface area contributed by atoms with Crippen LogP contribution >= 0.6 is 0 Å². The summed E-state index contributed by atoms with van der Waals surface area (Å²) in [6.45, 7) is 1.55. The van der Waals surface area contributed by atoms with Gasteiger partial charge in [-0.25, -0.2) is 18.2 Å². The van der Waals surface area contributed by atoms with Gasteiger partial charge in [0.05, 0.1) is 16.6 Å². The van der Waals surface area contributed by atoms with Crippen LogP contribution in [-0.4, -0.2) is 35.1 Å². The Labute approximate surface area is 209 Å². The number of para-hydroxylation sites is 2. The number of sulfonamides is 1. The molecule has 0 aliphatic rings. The second-order valence-corrected chi connectivity index (χ2v) is 9.41. The number of nitrogens with one attached hydrogen (secondary N) is 1. The molecule has 0 aliphatic heterocycles. The lowest BCUT2D eigenvalue weighted by Crippen LogP contribution is -2.14. The van der Waals surface area contributed by atoms with Crippen LogP contribution in [0.4, 0.5) is 13.2 Å². The van der Waals surface area contributed by atoms with Gasteiger partial charge in [-0.05, 0) is 48.5 Å². The zero-order valence-electron chi connectivity index (χ0n) is 19.2. The molecule has 0 atom stereocenters. The number of benzene rings is 3. The molecule has 4 N–H and O–H groups in total. The number of aliphatic hydroxyl groups is 1. The van der Waals surface area contributed by atoms with Gasteiger partial charge in [-0.2, -0.15) is 8.42 Å². The lowest BCUT2D eigenvalue weighted by molar-refractivity contribution is 0.105. The molecule has 0 bridgehead atoms. The number of allylic oxidation sites excluding steroid dienone is 1. The molecule has 1 heterocycles. The minimum Gasteiger partial charge on any atom is -0.506 e. The number of hydrogen-bond acceptors (Lipinski definition) is 5. The standard InChI is InChI=1S/C25H19F3N4O4S/c1-2-21(29)32-37(35,36)20-11-13(7-9-17(20)28)23(33)22(24(34)15-12-14(26)8-10-16(15)27)25-30-18-5-3-4-6-19(18)31-25/h3-12,33H,2H2,1H3,(H2,29,32)(H,30,31). The van der Waals surface area contributed by atoms with E-state index in [0.29, 0.717) is 17.1 Å². The van der Waals surface area contributed by atoms with Crippen LogP contribution in [0.15, 0.2) is 70.0 Å². The predicted molar refractivity (Wildman–Crippen MR) is 132 cm³/mol. The number of hydrogen-bond donors (Lipinski definition) is 3. The fourth-order valence-corrected chi connectivity index (χ4v) is 4.59. The zero-order chi connectivity index (χ0) is 26.9. The average molecular weight is 529 g/mol. The van der Waals surface area contributed by atoms with Crippen LogP contribution in [0, 0.1) is 17.5 Å². The van der Waals surface area contributed by atoms with Crippen molar-refractivity contribution < 1.29 is 31.5 Å². The highest BCUT2D eigenvalue weighted by Crippen LogP contribution is 2.31. The molecule has 0 spiro atoms. The van der Waals surface area contributed by atoms with Gasteiger partial charge in [0.15, 0.2) is 0 Å². The highest BCUT2D eigenvalue weighted by Gasteiger charge is 2.28. The molecule has 37 heavy (non-hydrogen) atoms. The Kier molecular flexibility index (Phi) is 6.86. The summed E-state index contributed by atoms with van der Waals surface area (Å²) in [4.78, 5) is 19.6. The Morgan fingerprint density at radius 1 is 1.05 bits per heavy atom. The second-order valence-electron chi connectivity index (χ2n) is 7.84. The molecule has 0 amide bonds. The Hall–Kier alpha value is -4.45. The molecular formula is C25H19F3N4O4S. The Balaban J connectivity index is 1.98. The molecule has 8 nitrogen and oxygen atoms in total. The second kappa shape index (κ2) is 9.90. The van der Waals surface area contributed by atoms with Gasteiger partial charge >= 0.3 is 0 Å². The van der Waals surface area contributed by atoms with Gasteiger partial charge in [0.25, 0.3) is 10.0 Å². The topological polar surface area (TPSA) is 138 Å². The molecule has 0 fully saturated rings. The van der Waals surface area contributed by atoms with E-state index in [-0.39, 0.29) is 23.6 Å². The van der Waals surface area contributed by atoms with E-state index in [0.717, 1.165) is 30.3 Å². The third kappa shape index (κ3) is 5.09. The van der Waals surface area contributed by atoms with E-state index < -0.39 is 55.0 Å². The molecular weight excluding hydrogens is 509 g/mol. The number of Topliss-reactive ketones (excluding diaryl/α,β-unsaturated/α-hetero) is 1. The maximum atomic E-state index is 14.5. The van der Waals surface area contributed by atoms with Crippen molar-refractivity contribution in [3.63, 3.8) is 0 Å². The molecule has 4 aromatic rings. The number of H-pyrrole nitrogens is 1. The van der Waals surface area contributed by atoms with Crippen molar-refractivity contribution >= 4 is 44.0 Å². The highest BCUT2D eigenvalue weighted by molar-refractivity contribution is 7.90. The first kappa shape index (κ1) is 25.6. The first-order valence-corrected chi connectivity index (χ1v) is 12.2. The van der Waals surface area contributed by atoms with Crippen LogP contribution in [0.3, 0.4) is 0 Å². The molecule has 0 unspecified atom stereocenters. The summed E-state index contributed by atoms with van der Waals surface area (Å²) < 4.78 is 71.5. The van der Waals surface area contributed by atoms with Crippen LogP contribution in [-0.2, 0) is 10.0 Å². The smallest absolute Gasteiger partial charge is 0.286 e. The zero-order valence-corrected chi connectivity index (χ0v) is 20.0. The molecule has 4 rings (SSSR count). The lowest BCUT2D eigenvalue weighted by Gasteiger charge is -2.11. The summed E-state index contributed by atoms with van der Waals surface area (Å²) >= 11 is 0. The maximum Gasteiger partial charge on any atom is 0.286 e. The van der Waals surface area contributed by atoms with Gasteiger partial charge in [-0.3, -0.25) is 4.79 Å².